The van der Waals surface area contributed by atoms with Gasteiger partial charge in [0.1, 0.15) is 6.61 Å². The molecule has 2 aromatic heterocycles. The van der Waals surface area contributed by atoms with Crippen LogP contribution in [0.4, 0.5) is 0 Å². The van der Waals surface area contributed by atoms with E-state index < -0.39 is 0 Å². The van der Waals surface area contributed by atoms with Crippen LogP contribution in [0.1, 0.15) is 5.56 Å². The van der Waals surface area contributed by atoms with E-state index in [9.17, 15) is 0 Å². The number of benzene rings is 1. The molecule has 0 aliphatic carbocycles. The maximum absolute atomic E-state index is 5.70. The van der Waals surface area contributed by atoms with Crippen LogP contribution in [0.15, 0.2) is 58.5 Å². The number of ether oxygens (including phenoxy) is 1. The fraction of sp³-hybridized carbons (Fsp3) is 0.0667. The van der Waals surface area contributed by atoms with E-state index in [1.54, 1.807) is 23.6 Å². The lowest BCUT2D eigenvalue weighted by Gasteiger charge is -2.05. The van der Waals surface area contributed by atoms with E-state index in [1.165, 1.54) is 0 Å². The molecule has 3 nitrogen and oxygen atoms in total. The van der Waals surface area contributed by atoms with Crippen molar-refractivity contribution in [3.63, 3.8) is 0 Å². The average molecular weight is 347 g/mol. The minimum absolute atomic E-state index is 0.505. The average Bonchev–Trinajstić information content (AvgIpc) is 2.93. The number of rotatable bonds is 4. The first kappa shape index (κ1) is 13.3. The molecule has 3 rings (SSSR count). The Labute approximate surface area is 129 Å². The highest BCUT2D eigenvalue weighted by atomic mass is 79.9. The Morgan fingerprint density at radius 1 is 1.05 bits per heavy atom. The fourth-order valence-electron chi connectivity index (χ4n) is 1.71. The molecule has 2 heterocycles. The maximum atomic E-state index is 5.70. The number of aromatic nitrogens is 2. The largest absolute Gasteiger partial charge is 0.473 e. The summed E-state index contributed by atoms with van der Waals surface area (Å²) in [5, 5.41) is 0. The molecule has 0 bridgehead atoms. The molecule has 0 unspecified atom stereocenters. The minimum Gasteiger partial charge on any atom is -0.473 e. The number of halogens is 1. The zero-order valence-electron chi connectivity index (χ0n) is 10.5. The highest BCUT2D eigenvalue weighted by molar-refractivity contribution is 9.11. The van der Waals surface area contributed by atoms with Gasteiger partial charge in [0.05, 0.1) is 8.66 Å². The predicted molar refractivity (Wildman–Crippen MR) is 83.8 cm³/mol. The molecule has 0 amide bonds. The topological polar surface area (TPSA) is 35.0 Å². The van der Waals surface area contributed by atoms with Gasteiger partial charge in [-0.1, -0.05) is 30.3 Å². The number of hydrogen-bond acceptors (Lipinski definition) is 4. The summed E-state index contributed by atoms with van der Waals surface area (Å²) in [6, 6.07) is 15.8. The van der Waals surface area contributed by atoms with Crippen molar-refractivity contribution in [3.8, 4) is 16.6 Å². The summed E-state index contributed by atoms with van der Waals surface area (Å²) in [6.45, 7) is 0.505. The van der Waals surface area contributed by atoms with Crippen molar-refractivity contribution in [2.75, 3.05) is 0 Å². The van der Waals surface area contributed by atoms with Crippen LogP contribution in [-0.4, -0.2) is 9.97 Å². The molecule has 0 aliphatic rings. The van der Waals surface area contributed by atoms with Crippen LogP contribution < -0.4 is 4.74 Å². The first-order chi connectivity index (χ1) is 9.81. The SMILES string of the molecule is Brc1ccc(-c2nccc(OCc3ccccc3)n2)s1. The molecule has 0 atom stereocenters. The van der Waals surface area contributed by atoms with Crippen LogP contribution in [0, 0.1) is 0 Å². The second-order valence-corrected chi connectivity index (χ2v) is 6.56. The predicted octanol–water partition coefficient (Wildman–Crippen LogP) is 4.55. The zero-order chi connectivity index (χ0) is 13.8. The molecule has 0 spiro atoms. The van der Waals surface area contributed by atoms with Crippen molar-refractivity contribution in [1.82, 2.24) is 9.97 Å². The third kappa shape index (κ3) is 3.23. The van der Waals surface area contributed by atoms with Crippen LogP contribution in [0.2, 0.25) is 0 Å². The summed E-state index contributed by atoms with van der Waals surface area (Å²) in [7, 11) is 0. The molecule has 100 valence electrons. The number of hydrogen-bond donors (Lipinski definition) is 0. The first-order valence-corrected chi connectivity index (χ1v) is 7.68. The van der Waals surface area contributed by atoms with Crippen LogP contribution in [0.25, 0.3) is 10.7 Å². The van der Waals surface area contributed by atoms with Gasteiger partial charge in [-0.25, -0.2) is 4.98 Å². The third-order valence-electron chi connectivity index (χ3n) is 2.65. The van der Waals surface area contributed by atoms with Crippen LogP contribution in [0.5, 0.6) is 5.88 Å². The number of thiophene rings is 1. The van der Waals surface area contributed by atoms with Gasteiger partial charge in [0.25, 0.3) is 0 Å². The molecule has 5 heteroatoms. The van der Waals surface area contributed by atoms with Crippen molar-refractivity contribution in [1.29, 1.82) is 0 Å². The second kappa shape index (κ2) is 6.15. The van der Waals surface area contributed by atoms with Gasteiger partial charge in [-0.3, -0.25) is 0 Å². The lowest BCUT2D eigenvalue weighted by atomic mass is 10.2. The molecular formula is C15H11BrN2OS. The van der Waals surface area contributed by atoms with Crippen LogP contribution in [-0.2, 0) is 6.61 Å². The minimum atomic E-state index is 0.505. The van der Waals surface area contributed by atoms with Crippen LogP contribution in [0.3, 0.4) is 0 Å². The molecule has 0 N–H and O–H groups in total. The highest BCUT2D eigenvalue weighted by Gasteiger charge is 2.06. The maximum Gasteiger partial charge on any atom is 0.217 e. The normalized spacial score (nSPS) is 10.4. The summed E-state index contributed by atoms with van der Waals surface area (Å²) in [6.07, 6.45) is 1.72. The molecule has 3 aromatic rings. The van der Waals surface area contributed by atoms with Gasteiger partial charge in [-0.2, -0.15) is 4.98 Å². The fourth-order valence-corrected chi connectivity index (χ4v) is 3.03. The summed E-state index contributed by atoms with van der Waals surface area (Å²) < 4.78 is 6.76. The molecule has 0 saturated carbocycles. The molecule has 0 saturated heterocycles. The molecule has 0 fully saturated rings. The standard InChI is InChI=1S/C15H11BrN2OS/c16-13-7-6-12(20-13)15-17-9-8-14(18-15)19-10-11-4-2-1-3-5-11/h1-9H,10H2. The summed E-state index contributed by atoms with van der Waals surface area (Å²) >= 11 is 5.04. The van der Waals surface area contributed by atoms with Crippen molar-refractivity contribution >= 4 is 27.3 Å². The Bertz CT molecular complexity index is 700. The quantitative estimate of drug-likeness (QED) is 0.695. The van der Waals surface area contributed by atoms with Crippen molar-refractivity contribution < 1.29 is 4.74 Å². The van der Waals surface area contributed by atoms with E-state index in [0.717, 1.165) is 14.2 Å². The van der Waals surface area contributed by atoms with E-state index >= 15 is 0 Å². The van der Waals surface area contributed by atoms with Gasteiger partial charge in [-0.05, 0) is 33.6 Å². The highest BCUT2D eigenvalue weighted by Crippen LogP contribution is 2.29. The summed E-state index contributed by atoms with van der Waals surface area (Å²) in [5.74, 6) is 1.27. The molecule has 0 aliphatic heterocycles. The van der Waals surface area contributed by atoms with Gasteiger partial charge in [0.2, 0.25) is 5.88 Å². The Morgan fingerprint density at radius 3 is 2.65 bits per heavy atom. The van der Waals surface area contributed by atoms with Crippen molar-refractivity contribution in [2.45, 2.75) is 6.61 Å². The van der Waals surface area contributed by atoms with Gasteiger partial charge < -0.3 is 4.74 Å². The summed E-state index contributed by atoms with van der Waals surface area (Å²) in [4.78, 5) is 9.72. The van der Waals surface area contributed by atoms with E-state index in [4.69, 9.17) is 4.74 Å². The molecule has 20 heavy (non-hydrogen) atoms. The van der Waals surface area contributed by atoms with Gasteiger partial charge in [0.15, 0.2) is 5.82 Å². The van der Waals surface area contributed by atoms with Gasteiger partial charge in [0, 0.05) is 12.3 Å². The van der Waals surface area contributed by atoms with Gasteiger partial charge >= 0.3 is 0 Å². The monoisotopic (exact) mass is 346 g/mol. The Morgan fingerprint density at radius 2 is 1.90 bits per heavy atom. The third-order valence-corrected chi connectivity index (χ3v) is 4.27. The Kier molecular flexibility index (Phi) is 4.08. The lowest BCUT2D eigenvalue weighted by Crippen LogP contribution is -1.98. The van der Waals surface area contributed by atoms with Crippen molar-refractivity contribution in [2.24, 2.45) is 0 Å². The first-order valence-electron chi connectivity index (χ1n) is 6.07. The van der Waals surface area contributed by atoms with E-state index in [1.807, 2.05) is 42.5 Å². The molecular weight excluding hydrogens is 336 g/mol. The summed E-state index contributed by atoms with van der Waals surface area (Å²) in [5.41, 5.74) is 1.12. The van der Waals surface area contributed by atoms with Crippen molar-refractivity contribution in [3.05, 3.63) is 64.1 Å². The lowest BCUT2D eigenvalue weighted by molar-refractivity contribution is 0.293. The molecule has 0 radical (unpaired) electrons. The van der Waals surface area contributed by atoms with E-state index in [0.29, 0.717) is 18.3 Å². The van der Waals surface area contributed by atoms with Crippen LogP contribution >= 0.6 is 27.3 Å². The Balaban J connectivity index is 1.75. The van der Waals surface area contributed by atoms with E-state index in [2.05, 4.69) is 25.9 Å². The smallest absolute Gasteiger partial charge is 0.217 e. The second-order valence-electron chi connectivity index (χ2n) is 4.10. The number of nitrogens with zero attached hydrogens (tertiary/aromatic N) is 2. The molecule has 1 aromatic carbocycles. The van der Waals surface area contributed by atoms with Gasteiger partial charge in [-0.15, -0.1) is 11.3 Å². The zero-order valence-corrected chi connectivity index (χ0v) is 12.9. The Hall–Kier alpha value is -1.72. The van der Waals surface area contributed by atoms with E-state index in [-0.39, 0.29) is 0 Å².